The predicted molar refractivity (Wildman–Crippen MR) is 74.1 cm³/mol. The van der Waals surface area contributed by atoms with Gasteiger partial charge in [0.1, 0.15) is 5.69 Å². The summed E-state index contributed by atoms with van der Waals surface area (Å²) in [4.78, 5) is 12.1. The Balaban J connectivity index is 2.54. The van der Waals surface area contributed by atoms with E-state index in [0.29, 0.717) is 11.6 Å². The van der Waals surface area contributed by atoms with Crippen molar-refractivity contribution in [3.63, 3.8) is 0 Å². The fraction of sp³-hybridized carbons (Fsp3) is 0.357. The van der Waals surface area contributed by atoms with E-state index in [2.05, 4.69) is 18.9 Å². The summed E-state index contributed by atoms with van der Waals surface area (Å²) in [6.07, 6.45) is 0.778. The third-order valence-electron chi connectivity index (χ3n) is 2.97. The molecule has 4 nitrogen and oxygen atoms in total. The average Bonchev–Trinajstić information content (AvgIpc) is 2.58. The van der Waals surface area contributed by atoms with Crippen molar-refractivity contribution in [3.8, 4) is 5.69 Å². The van der Waals surface area contributed by atoms with Crippen LogP contribution >= 0.6 is 0 Å². The lowest BCUT2D eigenvalue weighted by molar-refractivity contribution is 0.628. The molecule has 2 rings (SSSR count). The largest absolute Gasteiger partial charge is 0.393 e. The van der Waals surface area contributed by atoms with Crippen molar-refractivity contribution in [3.05, 3.63) is 45.9 Å². The molecule has 4 heteroatoms. The highest BCUT2D eigenvalue weighted by atomic mass is 16.1. The van der Waals surface area contributed by atoms with Gasteiger partial charge < -0.3 is 5.73 Å². The summed E-state index contributed by atoms with van der Waals surface area (Å²) >= 11 is 0. The Labute approximate surface area is 106 Å². The van der Waals surface area contributed by atoms with E-state index in [0.717, 1.165) is 23.4 Å². The molecular formula is C14H19N3O. The van der Waals surface area contributed by atoms with Crippen molar-refractivity contribution < 1.29 is 0 Å². The van der Waals surface area contributed by atoms with E-state index in [1.165, 1.54) is 4.68 Å². The van der Waals surface area contributed by atoms with Gasteiger partial charge in [-0.05, 0) is 30.9 Å². The van der Waals surface area contributed by atoms with Crippen molar-refractivity contribution in [2.45, 2.75) is 27.2 Å². The molecule has 96 valence electrons. The number of hydrogen-bond acceptors (Lipinski definition) is 2. The first kappa shape index (κ1) is 12.5. The van der Waals surface area contributed by atoms with Crippen LogP contribution in [0.4, 0.5) is 5.69 Å². The molecule has 0 unspecified atom stereocenters. The lowest BCUT2D eigenvalue weighted by atomic mass is 10.1. The number of nitrogens with two attached hydrogens (primary N) is 1. The van der Waals surface area contributed by atoms with Crippen LogP contribution in [0, 0.1) is 12.8 Å². The summed E-state index contributed by atoms with van der Waals surface area (Å²) < 4.78 is 1.53. The highest BCUT2D eigenvalue weighted by Crippen LogP contribution is 2.15. The SMILES string of the molecule is Cc1ccccc1-n1[nH]c(CC(C)C)c(N)c1=O. The van der Waals surface area contributed by atoms with Gasteiger partial charge in [0, 0.05) is 0 Å². The second kappa shape index (κ2) is 4.72. The molecule has 0 atom stereocenters. The molecule has 0 aliphatic rings. The van der Waals surface area contributed by atoms with Crippen LogP contribution in [-0.4, -0.2) is 9.78 Å². The van der Waals surface area contributed by atoms with Crippen molar-refractivity contribution >= 4 is 5.69 Å². The lowest BCUT2D eigenvalue weighted by Gasteiger charge is -2.06. The number of para-hydroxylation sites is 1. The van der Waals surface area contributed by atoms with Gasteiger partial charge in [0.05, 0.1) is 11.4 Å². The molecule has 0 bridgehead atoms. The smallest absolute Gasteiger partial charge is 0.294 e. The van der Waals surface area contributed by atoms with Crippen molar-refractivity contribution in [2.24, 2.45) is 5.92 Å². The Kier molecular flexibility index (Phi) is 3.28. The van der Waals surface area contributed by atoms with Crippen LogP contribution < -0.4 is 11.3 Å². The second-order valence-corrected chi connectivity index (χ2v) is 5.03. The second-order valence-electron chi connectivity index (χ2n) is 5.03. The van der Waals surface area contributed by atoms with Gasteiger partial charge in [-0.2, -0.15) is 0 Å². The van der Waals surface area contributed by atoms with Crippen molar-refractivity contribution in [1.29, 1.82) is 0 Å². The first-order valence-corrected chi connectivity index (χ1v) is 6.16. The molecule has 0 radical (unpaired) electrons. The van der Waals surface area contributed by atoms with Gasteiger partial charge in [-0.1, -0.05) is 32.0 Å². The molecule has 0 aliphatic heterocycles. The minimum absolute atomic E-state index is 0.167. The molecule has 1 heterocycles. The molecule has 1 aromatic carbocycles. The van der Waals surface area contributed by atoms with Crippen LogP contribution in [0.1, 0.15) is 25.1 Å². The Morgan fingerprint density at radius 1 is 1.33 bits per heavy atom. The molecule has 0 amide bonds. The molecule has 0 saturated carbocycles. The fourth-order valence-corrected chi connectivity index (χ4v) is 2.04. The number of rotatable bonds is 3. The number of benzene rings is 1. The molecule has 3 N–H and O–H groups in total. The van der Waals surface area contributed by atoms with Gasteiger partial charge in [0.25, 0.3) is 5.56 Å². The summed E-state index contributed by atoms with van der Waals surface area (Å²) in [5.41, 5.74) is 8.74. The van der Waals surface area contributed by atoms with E-state index in [1.807, 2.05) is 31.2 Å². The summed E-state index contributed by atoms with van der Waals surface area (Å²) in [5, 5.41) is 3.12. The molecule has 0 fully saturated rings. The number of nitrogens with one attached hydrogen (secondary N) is 1. The molecule has 18 heavy (non-hydrogen) atoms. The maximum absolute atomic E-state index is 12.1. The zero-order valence-electron chi connectivity index (χ0n) is 11.0. The van der Waals surface area contributed by atoms with E-state index >= 15 is 0 Å². The zero-order chi connectivity index (χ0) is 13.3. The number of aromatic nitrogens is 2. The van der Waals surface area contributed by atoms with E-state index in [1.54, 1.807) is 0 Å². The maximum Gasteiger partial charge on any atom is 0.294 e. The Morgan fingerprint density at radius 2 is 2.00 bits per heavy atom. The predicted octanol–water partition coefficient (Wildman–Crippen LogP) is 2.25. The van der Waals surface area contributed by atoms with Crippen molar-refractivity contribution in [2.75, 3.05) is 5.73 Å². The summed E-state index contributed by atoms with van der Waals surface area (Å²) in [5.74, 6) is 0.454. The minimum Gasteiger partial charge on any atom is -0.393 e. The van der Waals surface area contributed by atoms with Crippen LogP contribution in [0.5, 0.6) is 0 Å². The van der Waals surface area contributed by atoms with E-state index in [9.17, 15) is 4.79 Å². The normalized spacial score (nSPS) is 11.1. The number of nitrogen functional groups attached to an aromatic ring is 1. The lowest BCUT2D eigenvalue weighted by Crippen LogP contribution is -2.17. The van der Waals surface area contributed by atoms with Gasteiger partial charge in [0.15, 0.2) is 0 Å². The van der Waals surface area contributed by atoms with Gasteiger partial charge in [-0.25, -0.2) is 4.68 Å². The maximum atomic E-state index is 12.1. The third kappa shape index (κ3) is 2.18. The minimum atomic E-state index is -0.167. The quantitative estimate of drug-likeness (QED) is 0.871. The molecule has 2 aromatic rings. The molecule has 0 saturated heterocycles. The zero-order valence-corrected chi connectivity index (χ0v) is 11.0. The van der Waals surface area contributed by atoms with E-state index in [-0.39, 0.29) is 5.56 Å². The first-order valence-electron chi connectivity index (χ1n) is 6.16. The third-order valence-corrected chi connectivity index (χ3v) is 2.97. The number of aryl methyl sites for hydroxylation is 1. The Hall–Kier alpha value is -1.97. The van der Waals surface area contributed by atoms with Gasteiger partial charge >= 0.3 is 0 Å². The number of hydrogen-bond donors (Lipinski definition) is 2. The van der Waals surface area contributed by atoms with Crippen molar-refractivity contribution in [1.82, 2.24) is 9.78 Å². The van der Waals surface area contributed by atoms with Crippen LogP contribution in [0.25, 0.3) is 5.69 Å². The summed E-state index contributed by atoms with van der Waals surface area (Å²) in [6, 6.07) is 7.74. The number of anilines is 1. The van der Waals surface area contributed by atoms with E-state index < -0.39 is 0 Å². The summed E-state index contributed by atoms with van der Waals surface area (Å²) in [7, 11) is 0. The van der Waals surface area contributed by atoms with E-state index in [4.69, 9.17) is 5.73 Å². The number of aromatic amines is 1. The number of H-pyrrole nitrogens is 1. The Bertz CT molecular complexity index is 608. The summed E-state index contributed by atoms with van der Waals surface area (Å²) in [6.45, 7) is 6.17. The van der Waals surface area contributed by atoms with Gasteiger partial charge in [-0.15, -0.1) is 0 Å². The molecular weight excluding hydrogens is 226 g/mol. The molecule has 0 aliphatic carbocycles. The standard InChI is InChI=1S/C14H19N3O/c1-9(2)8-11-13(15)14(18)17(16-11)12-7-5-4-6-10(12)3/h4-7,9,16H,8,15H2,1-3H3. The monoisotopic (exact) mass is 245 g/mol. The molecule has 0 spiro atoms. The average molecular weight is 245 g/mol. The van der Waals surface area contributed by atoms with Gasteiger partial charge in [-0.3, -0.25) is 9.89 Å². The first-order chi connectivity index (χ1) is 8.50. The van der Waals surface area contributed by atoms with Crippen LogP contribution in [0.3, 0.4) is 0 Å². The molecule has 1 aromatic heterocycles. The topological polar surface area (TPSA) is 63.8 Å². The highest BCUT2D eigenvalue weighted by molar-refractivity contribution is 5.47. The Morgan fingerprint density at radius 3 is 2.61 bits per heavy atom. The highest BCUT2D eigenvalue weighted by Gasteiger charge is 2.14. The van der Waals surface area contributed by atoms with Crippen LogP contribution in [0.2, 0.25) is 0 Å². The fourth-order valence-electron chi connectivity index (χ4n) is 2.04. The van der Waals surface area contributed by atoms with Gasteiger partial charge in [0.2, 0.25) is 0 Å². The number of nitrogens with zero attached hydrogens (tertiary/aromatic N) is 1. The van der Waals surface area contributed by atoms with Crippen LogP contribution in [0.15, 0.2) is 29.1 Å². The van der Waals surface area contributed by atoms with Crippen LogP contribution in [-0.2, 0) is 6.42 Å².